The second kappa shape index (κ2) is 10.1. The zero-order valence-corrected chi connectivity index (χ0v) is 21.4. The van der Waals surface area contributed by atoms with Gasteiger partial charge in [-0.3, -0.25) is 9.59 Å². The van der Waals surface area contributed by atoms with E-state index in [-0.39, 0.29) is 17.9 Å². The number of hydrogen-bond donors (Lipinski definition) is 1. The van der Waals surface area contributed by atoms with E-state index in [1.54, 1.807) is 32.2 Å². The van der Waals surface area contributed by atoms with E-state index in [0.717, 1.165) is 35.4 Å². The van der Waals surface area contributed by atoms with E-state index in [1.165, 1.54) is 22.9 Å². The summed E-state index contributed by atoms with van der Waals surface area (Å²) in [5.41, 5.74) is 4.61. The van der Waals surface area contributed by atoms with E-state index >= 15 is 0 Å². The molecule has 0 fully saturated rings. The molecule has 36 heavy (non-hydrogen) atoms. The molecule has 184 valence electrons. The average Bonchev–Trinajstić information content (AvgIpc) is 2.91. The molecule has 1 N–H and O–H groups in total. The van der Waals surface area contributed by atoms with Crippen LogP contribution in [0.2, 0.25) is 0 Å². The minimum atomic E-state index is -0.128. The van der Waals surface area contributed by atoms with Crippen LogP contribution in [0, 0.1) is 0 Å². The third kappa shape index (κ3) is 4.58. The fraction of sp³-hybridized carbons (Fsp3) is 0.241. The Morgan fingerprint density at radius 2 is 1.86 bits per heavy atom. The zero-order valence-electron chi connectivity index (χ0n) is 20.5. The molecule has 0 aromatic heterocycles. The number of ether oxygens (including phenoxy) is 2. The second-order valence-corrected chi connectivity index (χ2v) is 9.97. The molecule has 2 amide bonds. The van der Waals surface area contributed by atoms with Gasteiger partial charge in [0, 0.05) is 17.5 Å². The molecule has 5 rings (SSSR count). The third-order valence-corrected chi connectivity index (χ3v) is 7.78. The van der Waals surface area contributed by atoms with Crippen molar-refractivity contribution in [2.75, 3.05) is 26.2 Å². The second-order valence-electron chi connectivity index (χ2n) is 8.89. The smallest absolute Gasteiger partial charge is 0.264 e. The highest BCUT2D eigenvalue weighted by atomic mass is 32.2. The molecular formula is C29H28N2O4S. The number of carbonyl (C=O) groups excluding carboxylic acids is 2. The lowest BCUT2D eigenvalue weighted by Gasteiger charge is -2.28. The van der Waals surface area contributed by atoms with Crippen molar-refractivity contribution >= 4 is 35.3 Å². The predicted molar refractivity (Wildman–Crippen MR) is 143 cm³/mol. The molecule has 1 aliphatic heterocycles. The molecule has 3 aromatic rings. The van der Waals surface area contributed by atoms with E-state index in [4.69, 9.17) is 9.47 Å². The van der Waals surface area contributed by atoms with E-state index < -0.39 is 0 Å². The molecule has 6 nitrogen and oxygen atoms in total. The summed E-state index contributed by atoms with van der Waals surface area (Å²) in [6.07, 6.45) is 4.86. The van der Waals surface area contributed by atoms with Crippen molar-refractivity contribution in [3.05, 3.63) is 87.8 Å². The minimum absolute atomic E-state index is 0.00300. The van der Waals surface area contributed by atoms with Gasteiger partial charge < -0.3 is 19.7 Å². The first-order valence-corrected chi connectivity index (χ1v) is 12.7. The van der Waals surface area contributed by atoms with Crippen LogP contribution in [-0.2, 0) is 11.2 Å². The standard InChI is InChI=1S/C29H28N2O4S/c1-31-23-17-20(28(32)30-22-10-6-8-19-7-4-5-9-21(19)22)12-14-26(23)36-27(29(31)33)16-18-11-13-24(34-2)25(15-18)35-3/h4-5,7,9,11-17,22H,6,8,10H2,1-3H3,(H,30,32)/b27-16-/t22-/m0/s1. The number of methoxy groups -OCH3 is 2. The van der Waals surface area contributed by atoms with Gasteiger partial charge in [-0.15, -0.1) is 0 Å². The number of fused-ring (bicyclic) bond motifs is 2. The van der Waals surface area contributed by atoms with Crippen molar-refractivity contribution < 1.29 is 19.1 Å². The van der Waals surface area contributed by atoms with Crippen LogP contribution in [0.1, 0.15) is 45.9 Å². The van der Waals surface area contributed by atoms with Crippen molar-refractivity contribution in [1.82, 2.24) is 5.32 Å². The first kappa shape index (κ1) is 24.0. The van der Waals surface area contributed by atoms with E-state index in [9.17, 15) is 9.59 Å². The Hall–Kier alpha value is -3.71. The average molecular weight is 501 g/mol. The van der Waals surface area contributed by atoms with Gasteiger partial charge >= 0.3 is 0 Å². The molecule has 0 spiro atoms. The summed E-state index contributed by atoms with van der Waals surface area (Å²) in [5.74, 6) is 0.982. The molecule has 0 unspecified atom stereocenters. The Morgan fingerprint density at radius 1 is 1.06 bits per heavy atom. The summed E-state index contributed by atoms with van der Waals surface area (Å²) in [5, 5.41) is 3.20. The van der Waals surface area contributed by atoms with E-state index in [1.807, 2.05) is 48.5 Å². The number of aryl methyl sites for hydroxylation is 1. The summed E-state index contributed by atoms with van der Waals surface area (Å²) in [4.78, 5) is 29.5. The maximum absolute atomic E-state index is 13.2. The first-order chi connectivity index (χ1) is 17.5. The monoisotopic (exact) mass is 500 g/mol. The lowest BCUT2D eigenvalue weighted by molar-refractivity contribution is -0.114. The lowest BCUT2D eigenvalue weighted by Crippen LogP contribution is -2.32. The number of carbonyl (C=O) groups is 2. The molecule has 0 bridgehead atoms. The van der Waals surface area contributed by atoms with Crippen molar-refractivity contribution in [3.63, 3.8) is 0 Å². The Kier molecular flexibility index (Phi) is 6.74. The molecule has 1 heterocycles. The molecule has 2 aliphatic rings. The topological polar surface area (TPSA) is 67.9 Å². The van der Waals surface area contributed by atoms with Crippen LogP contribution in [0.3, 0.4) is 0 Å². The number of thioether (sulfide) groups is 1. The van der Waals surface area contributed by atoms with Crippen LogP contribution in [0.4, 0.5) is 5.69 Å². The maximum Gasteiger partial charge on any atom is 0.264 e. The van der Waals surface area contributed by atoms with Crippen molar-refractivity contribution in [2.24, 2.45) is 0 Å². The highest BCUT2D eigenvalue weighted by Gasteiger charge is 2.28. The van der Waals surface area contributed by atoms with Crippen LogP contribution in [-0.4, -0.2) is 33.1 Å². The number of rotatable bonds is 5. The van der Waals surface area contributed by atoms with Crippen molar-refractivity contribution in [1.29, 1.82) is 0 Å². The summed E-state index contributed by atoms with van der Waals surface area (Å²) < 4.78 is 10.7. The maximum atomic E-state index is 13.2. The highest BCUT2D eigenvalue weighted by Crippen LogP contribution is 2.42. The number of hydrogen-bond acceptors (Lipinski definition) is 5. The number of nitrogens with zero attached hydrogens (tertiary/aromatic N) is 1. The SMILES string of the molecule is COc1ccc(/C=C2\Sc3ccc(C(=O)N[C@H]4CCCc5ccccc54)cc3N(C)C2=O)cc1OC. The van der Waals surface area contributed by atoms with Crippen LogP contribution < -0.4 is 19.7 Å². The van der Waals surface area contributed by atoms with Gasteiger partial charge in [-0.1, -0.05) is 42.1 Å². The van der Waals surface area contributed by atoms with Gasteiger partial charge in [0.15, 0.2) is 11.5 Å². The number of likely N-dealkylation sites (N-methyl/N-ethyl adjacent to an activating group) is 1. The summed E-state index contributed by atoms with van der Waals surface area (Å²) >= 11 is 1.40. The molecule has 7 heteroatoms. The third-order valence-electron chi connectivity index (χ3n) is 6.70. The van der Waals surface area contributed by atoms with Gasteiger partial charge in [0.25, 0.3) is 11.8 Å². The van der Waals surface area contributed by atoms with Gasteiger partial charge in [-0.25, -0.2) is 0 Å². The number of anilines is 1. The molecule has 1 aliphatic carbocycles. The Bertz CT molecular complexity index is 1370. The van der Waals surface area contributed by atoms with Crippen molar-refractivity contribution in [3.8, 4) is 11.5 Å². The summed E-state index contributed by atoms with van der Waals surface area (Å²) in [6.45, 7) is 0. The van der Waals surface area contributed by atoms with Crippen LogP contribution in [0.25, 0.3) is 6.08 Å². The van der Waals surface area contributed by atoms with E-state index in [0.29, 0.717) is 22.0 Å². The van der Waals surface area contributed by atoms with Gasteiger partial charge in [-0.05, 0) is 72.4 Å². The minimum Gasteiger partial charge on any atom is -0.493 e. The first-order valence-electron chi connectivity index (χ1n) is 11.9. The largest absolute Gasteiger partial charge is 0.493 e. The molecule has 0 radical (unpaired) electrons. The van der Waals surface area contributed by atoms with Gasteiger partial charge in [0.1, 0.15) is 0 Å². The Labute approximate surface area is 215 Å². The molecule has 1 atom stereocenters. The van der Waals surface area contributed by atoms with Crippen molar-refractivity contribution in [2.45, 2.75) is 30.2 Å². The molecule has 3 aromatic carbocycles. The predicted octanol–water partition coefficient (Wildman–Crippen LogP) is 5.62. The molecule has 0 saturated carbocycles. The zero-order chi connectivity index (χ0) is 25.2. The van der Waals surface area contributed by atoms with Gasteiger partial charge in [0.2, 0.25) is 0 Å². The summed E-state index contributed by atoms with van der Waals surface area (Å²) in [7, 11) is 4.91. The fourth-order valence-electron chi connectivity index (χ4n) is 4.77. The normalized spacial score (nSPS) is 17.9. The molecule has 0 saturated heterocycles. The quantitative estimate of drug-likeness (QED) is 0.461. The van der Waals surface area contributed by atoms with E-state index in [2.05, 4.69) is 17.4 Å². The Balaban J connectivity index is 1.37. The highest BCUT2D eigenvalue weighted by molar-refractivity contribution is 8.04. The lowest BCUT2D eigenvalue weighted by atomic mass is 9.87. The molecular weight excluding hydrogens is 472 g/mol. The Morgan fingerprint density at radius 3 is 2.67 bits per heavy atom. The van der Waals surface area contributed by atoms with Crippen LogP contribution >= 0.6 is 11.8 Å². The van der Waals surface area contributed by atoms with Gasteiger partial charge in [-0.2, -0.15) is 0 Å². The van der Waals surface area contributed by atoms with Gasteiger partial charge in [0.05, 0.1) is 30.9 Å². The van der Waals surface area contributed by atoms with Crippen LogP contribution in [0.15, 0.2) is 70.5 Å². The summed E-state index contributed by atoms with van der Waals surface area (Å²) in [6, 6.07) is 19.4. The number of benzene rings is 3. The van der Waals surface area contributed by atoms with Crippen LogP contribution in [0.5, 0.6) is 11.5 Å². The number of nitrogens with one attached hydrogen (secondary N) is 1. The number of amides is 2. The fourth-order valence-corrected chi connectivity index (χ4v) is 5.87.